The van der Waals surface area contributed by atoms with Gasteiger partial charge in [-0.15, -0.1) is 11.3 Å². The molecule has 0 spiro atoms. The summed E-state index contributed by atoms with van der Waals surface area (Å²) < 4.78 is 26.8. The summed E-state index contributed by atoms with van der Waals surface area (Å²) in [6, 6.07) is 4.12. The van der Waals surface area contributed by atoms with E-state index < -0.39 is 10.0 Å². The molecule has 1 aromatic rings. The molecule has 6 heteroatoms. The van der Waals surface area contributed by atoms with Gasteiger partial charge in [0.1, 0.15) is 4.21 Å². The van der Waals surface area contributed by atoms with Crippen molar-refractivity contribution in [1.82, 2.24) is 9.62 Å². The lowest BCUT2D eigenvalue weighted by Crippen LogP contribution is -2.27. The van der Waals surface area contributed by atoms with Crippen molar-refractivity contribution < 1.29 is 8.42 Å². The highest BCUT2D eigenvalue weighted by Crippen LogP contribution is 2.24. The van der Waals surface area contributed by atoms with Crippen molar-refractivity contribution >= 4 is 21.4 Å². The Kier molecular flexibility index (Phi) is 7.87. The van der Waals surface area contributed by atoms with E-state index in [-0.39, 0.29) is 0 Å². The van der Waals surface area contributed by atoms with Gasteiger partial charge >= 0.3 is 0 Å². The molecule has 0 aliphatic carbocycles. The highest BCUT2D eigenvalue weighted by molar-refractivity contribution is 7.91. The van der Waals surface area contributed by atoms with Gasteiger partial charge in [-0.25, -0.2) is 12.7 Å². The first-order valence-corrected chi connectivity index (χ1v) is 9.92. The number of nitrogens with zero attached hydrogens (tertiary/aromatic N) is 1. The predicted octanol–water partition coefficient (Wildman–Crippen LogP) is 3.10. The fourth-order valence-electron chi connectivity index (χ4n) is 1.97. The topological polar surface area (TPSA) is 49.4 Å². The van der Waals surface area contributed by atoms with Crippen LogP contribution in [0.25, 0.3) is 0 Å². The van der Waals surface area contributed by atoms with E-state index >= 15 is 0 Å². The summed E-state index contributed by atoms with van der Waals surface area (Å²) in [6.45, 7) is 7.80. The average Bonchev–Trinajstić information content (AvgIpc) is 2.88. The normalized spacial score (nSPS) is 12.5. The minimum absolute atomic E-state index is 0.456. The van der Waals surface area contributed by atoms with Gasteiger partial charge in [0.2, 0.25) is 0 Å². The zero-order valence-corrected chi connectivity index (χ0v) is 15.2. The second-order valence-electron chi connectivity index (χ2n) is 5.61. The molecule has 0 aliphatic rings. The van der Waals surface area contributed by atoms with Gasteiger partial charge in [0.05, 0.1) is 0 Å². The third-order valence-electron chi connectivity index (χ3n) is 3.30. The molecule has 0 unspecified atom stereocenters. The lowest BCUT2D eigenvalue weighted by atomic mass is 10.2. The monoisotopic (exact) mass is 332 g/mol. The third-order valence-corrected chi connectivity index (χ3v) is 6.77. The molecular formula is C15H28N2O2S2. The van der Waals surface area contributed by atoms with Crippen LogP contribution in [0.15, 0.2) is 16.3 Å². The first-order chi connectivity index (χ1) is 9.87. The van der Waals surface area contributed by atoms with Gasteiger partial charge in [0, 0.05) is 31.1 Å². The Morgan fingerprint density at radius 2 is 2.00 bits per heavy atom. The Balaban J connectivity index is 2.61. The zero-order valence-electron chi connectivity index (χ0n) is 13.6. The largest absolute Gasteiger partial charge is 0.314 e. The van der Waals surface area contributed by atoms with Gasteiger partial charge in [0.15, 0.2) is 0 Å². The Morgan fingerprint density at radius 1 is 1.29 bits per heavy atom. The molecule has 0 bridgehead atoms. The second-order valence-corrected chi connectivity index (χ2v) is 9.05. The minimum atomic E-state index is -3.31. The third kappa shape index (κ3) is 6.06. The van der Waals surface area contributed by atoms with E-state index in [1.807, 2.05) is 6.07 Å². The first-order valence-electron chi connectivity index (χ1n) is 7.66. The Hall–Kier alpha value is -0.430. The summed E-state index contributed by atoms with van der Waals surface area (Å²) in [6.07, 6.45) is 3.96. The number of unbranched alkanes of at least 4 members (excludes halogenated alkanes) is 2. The highest BCUT2D eigenvalue weighted by atomic mass is 32.2. The van der Waals surface area contributed by atoms with Gasteiger partial charge in [0.25, 0.3) is 10.0 Å². The second kappa shape index (κ2) is 8.88. The van der Waals surface area contributed by atoms with Crippen molar-refractivity contribution in [3.05, 3.63) is 17.0 Å². The minimum Gasteiger partial charge on any atom is -0.314 e. The van der Waals surface area contributed by atoms with Crippen LogP contribution in [0.2, 0.25) is 0 Å². The van der Waals surface area contributed by atoms with E-state index in [0.29, 0.717) is 16.8 Å². The molecular weight excluding hydrogens is 304 g/mol. The quantitative estimate of drug-likeness (QED) is 0.670. The Bertz CT molecular complexity index is 509. The summed E-state index contributed by atoms with van der Waals surface area (Å²) in [7, 11) is -1.64. The van der Waals surface area contributed by atoms with Crippen LogP contribution in [0.1, 0.15) is 44.9 Å². The summed E-state index contributed by atoms with van der Waals surface area (Å²) in [5.41, 5.74) is 0. The van der Waals surface area contributed by atoms with Gasteiger partial charge < -0.3 is 5.32 Å². The Labute approximate surface area is 133 Å². The SMILES string of the molecule is CCCCCN(C)S(=O)(=O)c1ccc(CCNC(C)C)s1. The molecule has 21 heavy (non-hydrogen) atoms. The summed E-state index contributed by atoms with van der Waals surface area (Å²) in [5, 5.41) is 3.35. The number of hydrogen-bond donors (Lipinski definition) is 1. The van der Waals surface area contributed by atoms with Crippen molar-refractivity contribution in [2.24, 2.45) is 0 Å². The number of rotatable bonds is 10. The van der Waals surface area contributed by atoms with Crippen molar-refractivity contribution in [2.75, 3.05) is 20.1 Å². The molecule has 1 heterocycles. The van der Waals surface area contributed by atoms with E-state index in [9.17, 15) is 8.42 Å². The van der Waals surface area contributed by atoms with Crippen LogP contribution in [0.4, 0.5) is 0 Å². The van der Waals surface area contributed by atoms with E-state index in [0.717, 1.165) is 37.1 Å². The van der Waals surface area contributed by atoms with Crippen LogP contribution in [-0.4, -0.2) is 38.9 Å². The van der Waals surface area contributed by atoms with Crippen molar-refractivity contribution in [1.29, 1.82) is 0 Å². The van der Waals surface area contributed by atoms with Crippen molar-refractivity contribution in [2.45, 2.75) is 56.7 Å². The fourth-order valence-corrected chi connectivity index (χ4v) is 4.75. The molecule has 0 amide bonds. The standard InChI is InChI=1S/C15H28N2O2S2/c1-5-6-7-12-17(4)21(18,19)15-9-8-14(20-15)10-11-16-13(2)3/h8-9,13,16H,5-7,10-12H2,1-4H3. The molecule has 4 nitrogen and oxygen atoms in total. The molecule has 0 atom stereocenters. The lowest BCUT2D eigenvalue weighted by molar-refractivity contribution is 0.456. The zero-order chi connectivity index (χ0) is 15.9. The Morgan fingerprint density at radius 3 is 2.62 bits per heavy atom. The molecule has 0 radical (unpaired) electrons. The van der Waals surface area contributed by atoms with E-state index in [1.54, 1.807) is 13.1 Å². The van der Waals surface area contributed by atoms with E-state index in [2.05, 4.69) is 26.1 Å². The molecule has 1 rings (SSSR count). The van der Waals surface area contributed by atoms with Crippen molar-refractivity contribution in [3.8, 4) is 0 Å². The summed E-state index contributed by atoms with van der Waals surface area (Å²) >= 11 is 1.39. The summed E-state index contributed by atoms with van der Waals surface area (Å²) in [5.74, 6) is 0. The lowest BCUT2D eigenvalue weighted by Gasteiger charge is -2.15. The van der Waals surface area contributed by atoms with Crippen LogP contribution in [0.3, 0.4) is 0 Å². The van der Waals surface area contributed by atoms with Gasteiger partial charge in [-0.05, 0) is 25.0 Å². The number of nitrogens with one attached hydrogen (secondary N) is 1. The molecule has 0 fully saturated rings. The van der Waals surface area contributed by atoms with Crippen LogP contribution in [-0.2, 0) is 16.4 Å². The number of thiophene rings is 1. The number of sulfonamides is 1. The van der Waals surface area contributed by atoms with Crippen LogP contribution < -0.4 is 5.32 Å². The van der Waals surface area contributed by atoms with Gasteiger partial charge in [-0.2, -0.15) is 0 Å². The van der Waals surface area contributed by atoms with Gasteiger partial charge in [-0.3, -0.25) is 0 Å². The molecule has 0 aliphatic heterocycles. The predicted molar refractivity (Wildman–Crippen MR) is 90.5 cm³/mol. The van der Waals surface area contributed by atoms with Crippen molar-refractivity contribution in [3.63, 3.8) is 0 Å². The molecule has 0 aromatic carbocycles. The fraction of sp³-hybridized carbons (Fsp3) is 0.733. The maximum atomic E-state index is 12.4. The van der Waals surface area contributed by atoms with Crippen LogP contribution >= 0.6 is 11.3 Å². The van der Waals surface area contributed by atoms with Crippen LogP contribution in [0, 0.1) is 0 Å². The average molecular weight is 333 g/mol. The van der Waals surface area contributed by atoms with E-state index in [1.165, 1.54) is 15.6 Å². The van der Waals surface area contributed by atoms with Gasteiger partial charge in [-0.1, -0.05) is 33.6 Å². The molecule has 0 saturated carbocycles. The maximum absolute atomic E-state index is 12.4. The molecule has 0 saturated heterocycles. The summed E-state index contributed by atoms with van der Waals surface area (Å²) in [4.78, 5) is 1.11. The smallest absolute Gasteiger partial charge is 0.252 e. The van der Waals surface area contributed by atoms with E-state index in [4.69, 9.17) is 0 Å². The number of hydrogen-bond acceptors (Lipinski definition) is 4. The molecule has 1 aromatic heterocycles. The first kappa shape index (κ1) is 18.6. The molecule has 1 N–H and O–H groups in total. The highest BCUT2D eigenvalue weighted by Gasteiger charge is 2.22. The van der Waals surface area contributed by atoms with Crippen LogP contribution in [0.5, 0.6) is 0 Å². The maximum Gasteiger partial charge on any atom is 0.252 e. The molecule has 122 valence electrons.